The van der Waals surface area contributed by atoms with Crippen LogP contribution in [0.1, 0.15) is 5.89 Å². The summed E-state index contributed by atoms with van der Waals surface area (Å²) in [6, 6.07) is 12.0. The van der Waals surface area contributed by atoms with Crippen LogP contribution in [0.2, 0.25) is 0 Å². The van der Waals surface area contributed by atoms with Crippen LogP contribution >= 0.6 is 0 Å². The number of fused-ring (bicyclic) bond motifs is 2. The number of aromatic nitrogens is 5. The quantitative estimate of drug-likeness (QED) is 0.484. The van der Waals surface area contributed by atoms with Crippen molar-refractivity contribution in [1.29, 1.82) is 0 Å². The van der Waals surface area contributed by atoms with Crippen molar-refractivity contribution < 1.29 is 12.8 Å². The molecule has 3 heterocycles. The molecular formula is C19H15N5O3S. The summed E-state index contributed by atoms with van der Waals surface area (Å²) in [6.07, 6.45) is 4.72. The average molecular weight is 393 g/mol. The number of nitrogens with zero attached hydrogens (tertiary/aromatic N) is 3. The molecule has 9 heteroatoms. The largest absolute Gasteiger partial charge is 0.420 e. The van der Waals surface area contributed by atoms with Gasteiger partial charge in [0.25, 0.3) is 0 Å². The standard InChI is InChI=1S/C19H15N5O3S/c1-28(25,26)10-18-23-24-19(27-18)14-7-11(8-17-15(14)9-21-22-17)12-3-2-4-16-13(12)5-6-20-16/h2-9,20H,10H2,1H3,(H,21,22). The Kier molecular flexibility index (Phi) is 3.59. The number of nitrogens with one attached hydrogen (secondary N) is 2. The number of benzene rings is 2. The minimum Gasteiger partial charge on any atom is -0.420 e. The molecule has 0 unspecified atom stereocenters. The fraction of sp³-hybridized carbons (Fsp3) is 0.105. The smallest absolute Gasteiger partial charge is 0.248 e. The highest BCUT2D eigenvalue weighted by atomic mass is 32.2. The summed E-state index contributed by atoms with van der Waals surface area (Å²) in [5.74, 6) is 0.0251. The lowest BCUT2D eigenvalue weighted by Crippen LogP contribution is -2.00. The molecule has 0 saturated heterocycles. The third-order valence-corrected chi connectivity index (χ3v) is 5.32. The molecule has 0 saturated carbocycles. The molecule has 0 aliphatic rings. The first-order chi connectivity index (χ1) is 13.5. The molecule has 3 aromatic heterocycles. The molecule has 2 aromatic carbocycles. The van der Waals surface area contributed by atoms with Crippen LogP contribution in [0.5, 0.6) is 0 Å². The van der Waals surface area contributed by atoms with Crippen LogP contribution < -0.4 is 0 Å². The lowest BCUT2D eigenvalue weighted by molar-refractivity contribution is 0.520. The zero-order valence-electron chi connectivity index (χ0n) is 14.8. The van der Waals surface area contributed by atoms with Gasteiger partial charge in [-0.25, -0.2) is 8.42 Å². The van der Waals surface area contributed by atoms with Crippen LogP contribution in [0.4, 0.5) is 0 Å². The second kappa shape index (κ2) is 6.03. The topological polar surface area (TPSA) is 118 Å². The van der Waals surface area contributed by atoms with E-state index in [0.29, 0.717) is 5.56 Å². The highest BCUT2D eigenvalue weighted by molar-refractivity contribution is 7.89. The van der Waals surface area contributed by atoms with E-state index in [1.807, 2.05) is 42.6 Å². The predicted molar refractivity (Wildman–Crippen MR) is 105 cm³/mol. The molecule has 0 radical (unpaired) electrons. The Labute approximate surface area is 159 Å². The Morgan fingerprint density at radius 3 is 2.79 bits per heavy atom. The van der Waals surface area contributed by atoms with Crippen LogP contribution in [0.3, 0.4) is 0 Å². The van der Waals surface area contributed by atoms with Gasteiger partial charge in [-0.05, 0) is 35.4 Å². The molecule has 0 atom stereocenters. The Hall–Kier alpha value is -3.46. The Morgan fingerprint density at radius 1 is 1.04 bits per heavy atom. The SMILES string of the molecule is CS(=O)(=O)Cc1nnc(-c2cc(-c3cccc4[nH]ccc34)cc3[nH]ncc23)o1. The third kappa shape index (κ3) is 2.85. The van der Waals surface area contributed by atoms with E-state index in [-0.39, 0.29) is 17.5 Å². The molecule has 5 rings (SSSR count). The Bertz CT molecular complexity index is 1430. The van der Waals surface area contributed by atoms with E-state index < -0.39 is 9.84 Å². The van der Waals surface area contributed by atoms with E-state index in [1.54, 1.807) is 6.20 Å². The molecule has 5 aromatic rings. The first kappa shape index (κ1) is 16.7. The zero-order chi connectivity index (χ0) is 19.3. The summed E-state index contributed by atoms with van der Waals surface area (Å²) in [7, 11) is -3.26. The molecule has 0 bridgehead atoms. The van der Waals surface area contributed by atoms with E-state index in [1.165, 1.54) is 0 Å². The second-order valence-electron chi connectivity index (χ2n) is 6.67. The molecule has 0 spiro atoms. The van der Waals surface area contributed by atoms with Gasteiger partial charge in [-0.2, -0.15) is 5.10 Å². The minimum absolute atomic E-state index is 0.0623. The summed E-state index contributed by atoms with van der Waals surface area (Å²) < 4.78 is 28.7. The average Bonchev–Trinajstić information content (AvgIpc) is 3.39. The maximum Gasteiger partial charge on any atom is 0.248 e. The summed E-state index contributed by atoms with van der Waals surface area (Å²) in [6.45, 7) is 0. The van der Waals surface area contributed by atoms with Crippen molar-refractivity contribution in [3.8, 4) is 22.6 Å². The number of sulfone groups is 1. The Balaban J connectivity index is 1.70. The molecule has 0 amide bonds. The molecule has 28 heavy (non-hydrogen) atoms. The van der Waals surface area contributed by atoms with Crippen molar-refractivity contribution in [2.45, 2.75) is 5.75 Å². The van der Waals surface area contributed by atoms with Gasteiger partial charge < -0.3 is 9.40 Å². The summed E-state index contributed by atoms with van der Waals surface area (Å²) in [5, 5.41) is 17.0. The number of aromatic amines is 2. The monoisotopic (exact) mass is 393 g/mol. The summed E-state index contributed by atoms with van der Waals surface area (Å²) in [5.41, 5.74) is 4.56. The highest BCUT2D eigenvalue weighted by Crippen LogP contribution is 2.35. The summed E-state index contributed by atoms with van der Waals surface area (Å²) >= 11 is 0. The van der Waals surface area contributed by atoms with E-state index in [9.17, 15) is 8.42 Å². The molecule has 0 fully saturated rings. The van der Waals surface area contributed by atoms with Gasteiger partial charge in [0.2, 0.25) is 11.8 Å². The summed E-state index contributed by atoms with van der Waals surface area (Å²) in [4.78, 5) is 3.22. The van der Waals surface area contributed by atoms with Crippen molar-refractivity contribution in [2.24, 2.45) is 0 Å². The van der Waals surface area contributed by atoms with Crippen LogP contribution in [0.15, 0.2) is 53.2 Å². The van der Waals surface area contributed by atoms with Gasteiger partial charge in [0.05, 0.1) is 17.3 Å². The van der Waals surface area contributed by atoms with Crippen LogP contribution in [-0.4, -0.2) is 40.1 Å². The normalized spacial score (nSPS) is 12.2. The molecule has 0 aliphatic carbocycles. The zero-order valence-corrected chi connectivity index (χ0v) is 15.6. The molecule has 2 N–H and O–H groups in total. The maximum absolute atomic E-state index is 11.5. The van der Waals surface area contributed by atoms with Gasteiger partial charge in [0.15, 0.2) is 9.84 Å². The fourth-order valence-corrected chi connectivity index (χ4v) is 3.93. The molecule has 8 nitrogen and oxygen atoms in total. The number of hydrogen-bond donors (Lipinski definition) is 2. The van der Waals surface area contributed by atoms with Crippen molar-refractivity contribution >= 4 is 31.6 Å². The van der Waals surface area contributed by atoms with Gasteiger partial charge in [-0.3, -0.25) is 5.10 Å². The van der Waals surface area contributed by atoms with Crippen LogP contribution in [0, 0.1) is 0 Å². The maximum atomic E-state index is 11.5. The minimum atomic E-state index is -3.26. The highest BCUT2D eigenvalue weighted by Gasteiger charge is 2.18. The number of hydrogen-bond acceptors (Lipinski definition) is 6. The lowest BCUT2D eigenvalue weighted by Gasteiger charge is -2.07. The van der Waals surface area contributed by atoms with E-state index in [0.717, 1.165) is 39.2 Å². The van der Waals surface area contributed by atoms with E-state index >= 15 is 0 Å². The second-order valence-corrected chi connectivity index (χ2v) is 8.81. The van der Waals surface area contributed by atoms with E-state index in [4.69, 9.17) is 4.42 Å². The third-order valence-electron chi connectivity index (χ3n) is 4.55. The first-order valence-electron chi connectivity index (χ1n) is 8.52. The van der Waals surface area contributed by atoms with Crippen molar-refractivity contribution in [1.82, 2.24) is 25.4 Å². The van der Waals surface area contributed by atoms with Gasteiger partial charge in [-0.1, -0.05) is 12.1 Å². The molecular weight excluding hydrogens is 378 g/mol. The van der Waals surface area contributed by atoms with Gasteiger partial charge >= 0.3 is 0 Å². The number of rotatable bonds is 4. The van der Waals surface area contributed by atoms with Gasteiger partial charge in [0.1, 0.15) is 5.75 Å². The van der Waals surface area contributed by atoms with E-state index in [2.05, 4.69) is 25.4 Å². The van der Waals surface area contributed by atoms with Gasteiger partial charge in [-0.15, -0.1) is 10.2 Å². The van der Waals surface area contributed by atoms with Crippen LogP contribution in [0.25, 0.3) is 44.4 Å². The lowest BCUT2D eigenvalue weighted by atomic mass is 9.98. The molecule has 140 valence electrons. The van der Waals surface area contributed by atoms with Crippen molar-refractivity contribution in [3.63, 3.8) is 0 Å². The van der Waals surface area contributed by atoms with Gasteiger partial charge in [0, 0.05) is 28.7 Å². The van der Waals surface area contributed by atoms with Crippen molar-refractivity contribution in [2.75, 3.05) is 6.26 Å². The fourth-order valence-electron chi connectivity index (χ4n) is 3.37. The number of H-pyrrole nitrogens is 2. The van der Waals surface area contributed by atoms with Crippen molar-refractivity contribution in [3.05, 3.63) is 54.7 Å². The predicted octanol–water partition coefficient (Wildman–Crippen LogP) is 3.31. The molecule has 0 aliphatic heterocycles. The first-order valence-corrected chi connectivity index (χ1v) is 10.6. The Morgan fingerprint density at radius 2 is 1.93 bits per heavy atom. The van der Waals surface area contributed by atoms with Crippen LogP contribution in [-0.2, 0) is 15.6 Å².